The Morgan fingerprint density at radius 3 is 2.25 bits per heavy atom. The maximum absolute atomic E-state index is 6.38. The third-order valence-electron chi connectivity index (χ3n) is 2.09. The second-order valence-electron chi connectivity index (χ2n) is 4.07. The average molecular weight is 204 g/mol. The topological polar surface area (TPSA) is 0 Å². The Morgan fingerprint density at radius 1 is 1.33 bits per heavy atom. The molecule has 0 bridgehead atoms. The van der Waals surface area contributed by atoms with Crippen LogP contribution in [0.1, 0.15) is 20.8 Å². The molecule has 12 heavy (non-hydrogen) atoms. The van der Waals surface area contributed by atoms with Gasteiger partial charge in [0.05, 0.1) is 4.87 Å². The molecule has 0 aromatic rings. The maximum atomic E-state index is 6.38. The third-order valence-corrected chi connectivity index (χ3v) is 3.13. The minimum atomic E-state index is -0.446. The smallest absolute Gasteiger partial charge is 0.0761 e. The molecule has 0 N–H and O–H groups in total. The van der Waals surface area contributed by atoms with Crippen LogP contribution in [-0.2, 0) is 0 Å². The molecule has 0 fully saturated rings. The van der Waals surface area contributed by atoms with Crippen molar-refractivity contribution in [1.29, 1.82) is 0 Å². The van der Waals surface area contributed by atoms with Gasteiger partial charge in [0.15, 0.2) is 0 Å². The first-order chi connectivity index (χ1) is 5.35. The van der Waals surface area contributed by atoms with Crippen molar-refractivity contribution in [2.24, 2.45) is 5.41 Å². The number of hydrogen-bond acceptors (Lipinski definition) is 0. The SMILES string of the molecule is CC(C)(C)C1(Cl)[CH]C(Cl)=CC=C1. The van der Waals surface area contributed by atoms with Crippen LogP contribution in [0.2, 0.25) is 0 Å². The molecule has 0 saturated heterocycles. The van der Waals surface area contributed by atoms with Crippen molar-refractivity contribution in [2.45, 2.75) is 25.6 Å². The van der Waals surface area contributed by atoms with Gasteiger partial charge in [-0.2, -0.15) is 0 Å². The molecule has 0 aromatic heterocycles. The highest BCUT2D eigenvalue weighted by Gasteiger charge is 2.39. The van der Waals surface area contributed by atoms with Crippen LogP contribution >= 0.6 is 23.2 Å². The Kier molecular flexibility index (Phi) is 2.60. The first kappa shape index (κ1) is 10.1. The van der Waals surface area contributed by atoms with Crippen molar-refractivity contribution in [3.63, 3.8) is 0 Å². The molecule has 0 saturated carbocycles. The molecule has 1 aliphatic carbocycles. The summed E-state index contributed by atoms with van der Waals surface area (Å²) in [6.45, 7) is 6.28. The fraction of sp³-hybridized carbons (Fsp3) is 0.500. The Labute approximate surface area is 84.2 Å². The van der Waals surface area contributed by atoms with Crippen LogP contribution in [0.4, 0.5) is 0 Å². The number of alkyl halides is 1. The summed E-state index contributed by atoms with van der Waals surface area (Å²) >= 11 is 12.3. The van der Waals surface area contributed by atoms with Gasteiger partial charge in [0, 0.05) is 11.5 Å². The lowest BCUT2D eigenvalue weighted by molar-refractivity contribution is 0.354. The van der Waals surface area contributed by atoms with E-state index in [1.165, 1.54) is 0 Å². The second-order valence-corrected chi connectivity index (χ2v) is 5.13. The van der Waals surface area contributed by atoms with Gasteiger partial charge in [-0.15, -0.1) is 11.6 Å². The molecule has 1 rings (SSSR count). The van der Waals surface area contributed by atoms with Crippen LogP contribution in [0.25, 0.3) is 0 Å². The van der Waals surface area contributed by atoms with Gasteiger partial charge in [-0.25, -0.2) is 0 Å². The van der Waals surface area contributed by atoms with Crippen molar-refractivity contribution in [3.8, 4) is 0 Å². The van der Waals surface area contributed by atoms with Gasteiger partial charge in [-0.1, -0.05) is 44.5 Å². The van der Waals surface area contributed by atoms with E-state index in [4.69, 9.17) is 23.2 Å². The number of rotatable bonds is 0. The van der Waals surface area contributed by atoms with Gasteiger partial charge in [-0.05, 0) is 11.5 Å². The van der Waals surface area contributed by atoms with Crippen LogP contribution in [-0.4, -0.2) is 4.87 Å². The van der Waals surface area contributed by atoms with Crippen LogP contribution in [0, 0.1) is 11.8 Å². The maximum Gasteiger partial charge on any atom is 0.0761 e. The highest BCUT2D eigenvalue weighted by atomic mass is 35.5. The fourth-order valence-corrected chi connectivity index (χ4v) is 1.53. The van der Waals surface area contributed by atoms with Crippen LogP contribution in [0.15, 0.2) is 23.3 Å². The normalized spacial score (nSPS) is 30.2. The summed E-state index contributed by atoms with van der Waals surface area (Å²) in [6.07, 6.45) is 7.60. The lowest BCUT2D eigenvalue weighted by Crippen LogP contribution is -2.36. The molecule has 1 radical (unpaired) electrons. The molecular formula is C10H13Cl2. The molecule has 0 nitrogen and oxygen atoms in total. The minimum Gasteiger partial charge on any atom is -0.113 e. The summed E-state index contributed by atoms with van der Waals surface area (Å²) < 4.78 is 0. The second kappa shape index (κ2) is 3.08. The lowest BCUT2D eigenvalue weighted by Gasteiger charge is -2.38. The van der Waals surface area contributed by atoms with Crippen molar-refractivity contribution >= 4 is 23.2 Å². The van der Waals surface area contributed by atoms with Crippen LogP contribution in [0.3, 0.4) is 0 Å². The Hall–Kier alpha value is 0.0600. The van der Waals surface area contributed by atoms with E-state index in [9.17, 15) is 0 Å². The Balaban J connectivity index is 2.90. The zero-order valence-corrected chi connectivity index (χ0v) is 9.08. The number of allylic oxidation sites excluding steroid dienone is 4. The van der Waals surface area contributed by atoms with Gasteiger partial charge < -0.3 is 0 Å². The first-order valence-corrected chi connectivity index (χ1v) is 4.71. The summed E-state index contributed by atoms with van der Waals surface area (Å²) in [7, 11) is 0. The fourth-order valence-electron chi connectivity index (χ4n) is 1.04. The molecule has 1 atom stereocenters. The first-order valence-electron chi connectivity index (χ1n) is 3.95. The summed E-state index contributed by atoms with van der Waals surface area (Å²) in [5, 5.41) is 0.711. The largest absolute Gasteiger partial charge is 0.113 e. The van der Waals surface area contributed by atoms with Gasteiger partial charge >= 0.3 is 0 Å². The summed E-state index contributed by atoms with van der Waals surface area (Å²) in [4.78, 5) is -0.446. The van der Waals surface area contributed by atoms with Crippen molar-refractivity contribution < 1.29 is 0 Å². The predicted molar refractivity (Wildman–Crippen MR) is 55.4 cm³/mol. The standard InChI is InChI=1S/C10H13Cl2/c1-9(2,3)10(12)6-4-5-8(11)7-10/h4-7H,1-3H3. The monoisotopic (exact) mass is 203 g/mol. The zero-order valence-electron chi connectivity index (χ0n) is 7.57. The number of hydrogen-bond donors (Lipinski definition) is 0. The van der Waals surface area contributed by atoms with Gasteiger partial charge in [0.1, 0.15) is 0 Å². The molecule has 67 valence electrons. The summed E-state index contributed by atoms with van der Waals surface area (Å²) in [5.41, 5.74) is -0.0144. The van der Waals surface area contributed by atoms with Crippen LogP contribution < -0.4 is 0 Å². The molecule has 0 spiro atoms. The summed E-state index contributed by atoms with van der Waals surface area (Å²) in [5.74, 6) is 0. The molecule has 1 aliphatic rings. The highest BCUT2D eigenvalue weighted by Crippen LogP contribution is 2.44. The highest BCUT2D eigenvalue weighted by molar-refractivity contribution is 6.34. The average Bonchev–Trinajstić information content (AvgIpc) is 1.83. The predicted octanol–water partition coefficient (Wildman–Crippen LogP) is 3.91. The van der Waals surface area contributed by atoms with Gasteiger partial charge in [0.25, 0.3) is 0 Å². The van der Waals surface area contributed by atoms with E-state index in [0.29, 0.717) is 5.03 Å². The van der Waals surface area contributed by atoms with Gasteiger partial charge in [-0.3, -0.25) is 0 Å². The minimum absolute atomic E-state index is 0.0144. The van der Waals surface area contributed by atoms with E-state index >= 15 is 0 Å². The van der Waals surface area contributed by atoms with Crippen molar-refractivity contribution in [3.05, 3.63) is 29.7 Å². The molecule has 2 heteroatoms. The van der Waals surface area contributed by atoms with Crippen molar-refractivity contribution in [2.75, 3.05) is 0 Å². The van der Waals surface area contributed by atoms with Gasteiger partial charge in [0.2, 0.25) is 0 Å². The number of halogens is 2. The molecule has 0 aromatic carbocycles. The third kappa shape index (κ3) is 1.86. The molecule has 0 amide bonds. The zero-order chi connectivity index (χ0) is 9.41. The Bertz CT molecular complexity index is 233. The Morgan fingerprint density at radius 2 is 1.92 bits per heavy atom. The lowest BCUT2D eigenvalue weighted by atomic mass is 9.76. The molecule has 0 aliphatic heterocycles. The summed E-state index contributed by atoms with van der Waals surface area (Å²) in [6, 6.07) is 0. The van der Waals surface area contributed by atoms with E-state index in [1.54, 1.807) is 0 Å². The molecule has 1 unspecified atom stereocenters. The van der Waals surface area contributed by atoms with Crippen LogP contribution in [0.5, 0.6) is 0 Å². The quantitative estimate of drug-likeness (QED) is 0.525. The van der Waals surface area contributed by atoms with E-state index in [2.05, 4.69) is 20.8 Å². The molecule has 0 heterocycles. The van der Waals surface area contributed by atoms with E-state index < -0.39 is 4.87 Å². The molecular weight excluding hydrogens is 191 g/mol. The van der Waals surface area contributed by atoms with E-state index in [0.717, 1.165) is 0 Å². The van der Waals surface area contributed by atoms with E-state index in [-0.39, 0.29) is 5.41 Å². The van der Waals surface area contributed by atoms with E-state index in [1.807, 2.05) is 24.6 Å². The van der Waals surface area contributed by atoms with Crippen molar-refractivity contribution in [1.82, 2.24) is 0 Å².